The Kier molecular flexibility index (Phi) is 5.29. The first-order valence-electron chi connectivity index (χ1n) is 9.98. The van der Waals surface area contributed by atoms with Gasteiger partial charge in [0.2, 0.25) is 5.91 Å². The Morgan fingerprint density at radius 1 is 0.839 bits per heavy atom. The van der Waals surface area contributed by atoms with Crippen molar-refractivity contribution in [3.8, 4) is 11.5 Å². The van der Waals surface area contributed by atoms with Gasteiger partial charge in [-0.15, -0.1) is 0 Å². The number of amides is 3. The number of anilines is 1. The zero-order chi connectivity index (χ0) is 22.1. The van der Waals surface area contributed by atoms with E-state index in [-0.39, 0.29) is 0 Å². The fourth-order valence-corrected chi connectivity index (χ4v) is 3.44. The standard InChI is InChI=1S/C25H22N2O4/c1-15-8-11-20(14-16(15)2)31-19-12-9-18(10-13-19)26-23(28)17(3)27-24(29)21-6-4-5-7-22(21)25(27)30/h4-14,17H,1-3H3,(H,26,28)/t17-/m0/s1. The molecule has 3 aromatic carbocycles. The van der Waals surface area contributed by atoms with Crippen LogP contribution in [0.15, 0.2) is 66.7 Å². The summed E-state index contributed by atoms with van der Waals surface area (Å²) in [6, 6.07) is 18.4. The maximum Gasteiger partial charge on any atom is 0.262 e. The largest absolute Gasteiger partial charge is 0.457 e. The van der Waals surface area contributed by atoms with E-state index >= 15 is 0 Å². The number of nitrogens with one attached hydrogen (secondary N) is 1. The van der Waals surface area contributed by atoms with Crippen molar-refractivity contribution in [2.45, 2.75) is 26.8 Å². The molecule has 3 aromatic rings. The molecule has 1 aliphatic rings. The molecule has 1 aliphatic heterocycles. The Balaban J connectivity index is 1.42. The van der Waals surface area contributed by atoms with E-state index in [2.05, 4.69) is 5.32 Å². The third-order valence-corrected chi connectivity index (χ3v) is 5.43. The second-order valence-corrected chi connectivity index (χ2v) is 7.56. The number of nitrogens with zero attached hydrogens (tertiary/aromatic N) is 1. The van der Waals surface area contributed by atoms with Crippen molar-refractivity contribution in [1.29, 1.82) is 0 Å². The van der Waals surface area contributed by atoms with Gasteiger partial charge >= 0.3 is 0 Å². The van der Waals surface area contributed by atoms with Crippen LogP contribution in [0.4, 0.5) is 5.69 Å². The van der Waals surface area contributed by atoms with Crippen LogP contribution in [0, 0.1) is 13.8 Å². The highest BCUT2D eigenvalue weighted by atomic mass is 16.5. The van der Waals surface area contributed by atoms with Crippen LogP contribution < -0.4 is 10.1 Å². The van der Waals surface area contributed by atoms with Crippen molar-refractivity contribution < 1.29 is 19.1 Å². The first-order valence-corrected chi connectivity index (χ1v) is 9.98. The highest BCUT2D eigenvalue weighted by Gasteiger charge is 2.40. The van der Waals surface area contributed by atoms with Crippen LogP contribution in [0.25, 0.3) is 0 Å². The lowest BCUT2D eigenvalue weighted by atomic mass is 10.1. The van der Waals surface area contributed by atoms with Crippen LogP contribution in [-0.2, 0) is 4.79 Å². The third kappa shape index (κ3) is 3.92. The zero-order valence-corrected chi connectivity index (χ0v) is 17.5. The predicted octanol–water partition coefficient (Wildman–Crippen LogP) is 4.72. The number of imide groups is 1. The monoisotopic (exact) mass is 414 g/mol. The average Bonchev–Trinajstić information content (AvgIpc) is 3.02. The summed E-state index contributed by atoms with van der Waals surface area (Å²) < 4.78 is 5.86. The molecule has 0 radical (unpaired) electrons. The summed E-state index contributed by atoms with van der Waals surface area (Å²) in [4.78, 5) is 38.9. The van der Waals surface area contributed by atoms with Gasteiger partial charge in [-0.1, -0.05) is 18.2 Å². The molecule has 0 spiro atoms. The smallest absolute Gasteiger partial charge is 0.262 e. The molecule has 6 nitrogen and oxygen atoms in total. The highest BCUT2D eigenvalue weighted by molar-refractivity contribution is 6.23. The van der Waals surface area contributed by atoms with Crippen LogP contribution in [0.2, 0.25) is 0 Å². The van der Waals surface area contributed by atoms with Gasteiger partial charge in [-0.3, -0.25) is 19.3 Å². The van der Waals surface area contributed by atoms with Crippen LogP contribution in [0.5, 0.6) is 11.5 Å². The maximum absolute atomic E-state index is 12.7. The fraction of sp³-hybridized carbons (Fsp3) is 0.160. The molecule has 0 fully saturated rings. The minimum Gasteiger partial charge on any atom is -0.457 e. The van der Waals surface area contributed by atoms with Crippen molar-refractivity contribution in [2.24, 2.45) is 0 Å². The van der Waals surface area contributed by atoms with E-state index in [1.54, 1.807) is 48.5 Å². The topological polar surface area (TPSA) is 75.7 Å². The van der Waals surface area contributed by atoms with Gasteiger partial charge in [0.05, 0.1) is 11.1 Å². The number of ether oxygens (including phenoxy) is 1. The Morgan fingerprint density at radius 2 is 1.42 bits per heavy atom. The van der Waals surface area contributed by atoms with Crippen molar-refractivity contribution in [3.63, 3.8) is 0 Å². The number of benzene rings is 3. The summed E-state index contributed by atoms with van der Waals surface area (Å²) in [5.41, 5.74) is 3.52. The molecule has 0 bridgehead atoms. The predicted molar refractivity (Wildman–Crippen MR) is 117 cm³/mol. The Hall–Kier alpha value is -3.93. The van der Waals surface area contributed by atoms with Gasteiger partial charge in [0.15, 0.2) is 0 Å². The number of hydrogen-bond acceptors (Lipinski definition) is 4. The molecule has 1 heterocycles. The molecular formula is C25H22N2O4. The lowest BCUT2D eigenvalue weighted by Gasteiger charge is -2.21. The maximum atomic E-state index is 12.7. The minimum absolute atomic E-state index is 0.319. The molecule has 3 amide bonds. The van der Waals surface area contributed by atoms with E-state index in [4.69, 9.17) is 4.74 Å². The van der Waals surface area contributed by atoms with Crippen molar-refractivity contribution in [1.82, 2.24) is 4.90 Å². The van der Waals surface area contributed by atoms with Crippen molar-refractivity contribution >= 4 is 23.4 Å². The van der Waals surface area contributed by atoms with Gasteiger partial charge in [0.25, 0.3) is 11.8 Å². The van der Waals surface area contributed by atoms with E-state index < -0.39 is 23.8 Å². The molecule has 6 heteroatoms. The fourth-order valence-electron chi connectivity index (χ4n) is 3.44. The number of carbonyl (C=O) groups excluding carboxylic acids is 3. The van der Waals surface area contributed by atoms with Crippen molar-refractivity contribution in [3.05, 3.63) is 89.0 Å². The molecule has 0 aliphatic carbocycles. The Morgan fingerprint density at radius 3 is 2.00 bits per heavy atom. The lowest BCUT2D eigenvalue weighted by Crippen LogP contribution is -2.45. The zero-order valence-electron chi connectivity index (χ0n) is 17.5. The number of hydrogen-bond donors (Lipinski definition) is 1. The van der Waals surface area contributed by atoms with Crippen LogP contribution in [0.1, 0.15) is 38.8 Å². The number of aryl methyl sites for hydroxylation is 2. The first kappa shape index (κ1) is 20.3. The first-order chi connectivity index (χ1) is 14.8. The summed E-state index contributed by atoms with van der Waals surface area (Å²) >= 11 is 0. The number of rotatable bonds is 5. The van der Waals surface area contributed by atoms with Gasteiger partial charge in [-0.2, -0.15) is 0 Å². The molecule has 0 saturated carbocycles. The summed E-state index contributed by atoms with van der Waals surface area (Å²) in [5.74, 6) is 0.00638. The number of carbonyl (C=O) groups is 3. The highest BCUT2D eigenvalue weighted by Crippen LogP contribution is 2.27. The van der Waals surface area contributed by atoms with E-state index in [0.717, 1.165) is 16.2 Å². The average molecular weight is 414 g/mol. The second-order valence-electron chi connectivity index (χ2n) is 7.56. The summed E-state index contributed by atoms with van der Waals surface area (Å²) in [6.07, 6.45) is 0. The molecule has 31 heavy (non-hydrogen) atoms. The summed E-state index contributed by atoms with van der Waals surface area (Å²) in [7, 11) is 0. The molecule has 156 valence electrons. The number of fused-ring (bicyclic) bond motifs is 1. The van der Waals surface area contributed by atoms with Gasteiger partial charge in [-0.05, 0) is 80.4 Å². The molecule has 0 unspecified atom stereocenters. The van der Waals surface area contributed by atoms with Gasteiger partial charge in [0, 0.05) is 5.69 Å². The van der Waals surface area contributed by atoms with Gasteiger partial charge in [-0.25, -0.2) is 0 Å². The Bertz CT molecular complexity index is 1150. The molecule has 1 N–H and O–H groups in total. The molecule has 0 saturated heterocycles. The van der Waals surface area contributed by atoms with Crippen LogP contribution >= 0.6 is 0 Å². The molecule has 4 rings (SSSR count). The van der Waals surface area contributed by atoms with E-state index in [1.807, 2.05) is 32.0 Å². The third-order valence-electron chi connectivity index (χ3n) is 5.43. The minimum atomic E-state index is -0.945. The van der Waals surface area contributed by atoms with E-state index in [1.165, 1.54) is 12.5 Å². The molecular weight excluding hydrogens is 392 g/mol. The summed E-state index contributed by atoms with van der Waals surface area (Å²) in [6.45, 7) is 5.60. The normalized spacial score (nSPS) is 13.7. The Labute approximate surface area is 180 Å². The van der Waals surface area contributed by atoms with Crippen LogP contribution in [0.3, 0.4) is 0 Å². The van der Waals surface area contributed by atoms with E-state index in [9.17, 15) is 14.4 Å². The van der Waals surface area contributed by atoms with Crippen LogP contribution in [-0.4, -0.2) is 28.7 Å². The van der Waals surface area contributed by atoms with Gasteiger partial charge in [0.1, 0.15) is 17.5 Å². The lowest BCUT2D eigenvalue weighted by molar-refractivity contribution is -0.119. The second kappa shape index (κ2) is 8.07. The summed E-state index contributed by atoms with van der Waals surface area (Å²) in [5, 5.41) is 2.75. The molecule has 0 aromatic heterocycles. The van der Waals surface area contributed by atoms with Gasteiger partial charge < -0.3 is 10.1 Å². The molecule has 1 atom stereocenters. The van der Waals surface area contributed by atoms with Crippen molar-refractivity contribution in [2.75, 3.05) is 5.32 Å². The SMILES string of the molecule is Cc1ccc(Oc2ccc(NC(=O)[C@H](C)N3C(=O)c4ccccc4C3=O)cc2)cc1C. The quantitative estimate of drug-likeness (QED) is 0.613. The van der Waals surface area contributed by atoms with E-state index in [0.29, 0.717) is 22.6 Å².